The van der Waals surface area contributed by atoms with Crippen molar-refractivity contribution in [3.8, 4) is 5.75 Å². The van der Waals surface area contributed by atoms with Crippen molar-refractivity contribution in [2.75, 3.05) is 19.6 Å². The molecular formula is C17H26N2O. The first-order valence-electron chi connectivity index (χ1n) is 7.84. The van der Waals surface area contributed by atoms with E-state index < -0.39 is 0 Å². The van der Waals surface area contributed by atoms with E-state index in [1.165, 1.54) is 12.0 Å². The highest BCUT2D eigenvalue weighted by Gasteiger charge is 2.37. The van der Waals surface area contributed by atoms with Gasteiger partial charge in [-0.05, 0) is 31.9 Å². The molecule has 3 nitrogen and oxygen atoms in total. The maximum absolute atomic E-state index is 6.12. The number of piperazine rings is 1. The quantitative estimate of drug-likeness (QED) is 0.916. The summed E-state index contributed by atoms with van der Waals surface area (Å²) < 4.78 is 6.12. The van der Waals surface area contributed by atoms with Crippen LogP contribution in [0.2, 0.25) is 0 Å². The maximum atomic E-state index is 6.12. The average molecular weight is 274 g/mol. The lowest BCUT2D eigenvalue weighted by atomic mass is 9.91. The molecule has 0 aliphatic carbocycles. The standard InChI is InChI=1S/C17H26N2O/c1-4-17(3)12-18-13(2)10-19(17)11-15-9-14-7-5-6-8-16(14)20-15/h5-8,13,15,18H,4,9-12H2,1-3H3. The van der Waals surface area contributed by atoms with Crippen molar-refractivity contribution >= 4 is 0 Å². The van der Waals surface area contributed by atoms with Gasteiger partial charge >= 0.3 is 0 Å². The third kappa shape index (κ3) is 2.57. The summed E-state index contributed by atoms with van der Waals surface area (Å²) in [5, 5.41) is 3.61. The molecular weight excluding hydrogens is 248 g/mol. The van der Waals surface area contributed by atoms with Crippen molar-refractivity contribution in [2.45, 2.75) is 51.3 Å². The Morgan fingerprint density at radius 3 is 2.95 bits per heavy atom. The molecule has 1 aromatic carbocycles. The number of benzene rings is 1. The SMILES string of the molecule is CCC1(C)CNC(C)CN1CC1Cc2ccccc2O1. The van der Waals surface area contributed by atoms with Gasteiger partial charge in [-0.2, -0.15) is 0 Å². The van der Waals surface area contributed by atoms with Crippen LogP contribution >= 0.6 is 0 Å². The Hall–Kier alpha value is -1.06. The number of nitrogens with one attached hydrogen (secondary N) is 1. The Kier molecular flexibility index (Phi) is 3.74. The van der Waals surface area contributed by atoms with E-state index in [1.54, 1.807) is 0 Å². The van der Waals surface area contributed by atoms with Crippen LogP contribution in [0.4, 0.5) is 0 Å². The summed E-state index contributed by atoms with van der Waals surface area (Å²) in [5.74, 6) is 1.08. The monoisotopic (exact) mass is 274 g/mol. The topological polar surface area (TPSA) is 24.5 Å². The Labute approximate surface area is 122 Å². The minimum absolute atomic E-state index is 0.255. The predicted octanol–water partition coefficient (Wildman–Crippen LogP) is 2.45. The van der Waals surface area contributed by atoms with Gasteiger partial charge in [0.1, 0.15) is 11.9 Å². The van der Waals surface area contributed by atoms with Crippen molar-refractivity contribution in [3.05, 3.63) is 29.8 Å². The maximum Gasteiger partial charge on any atom is 0.123 e. The predicted molar refractivity (Wildman–Crippen MR) is 82.3 cm³/mol. The summed E-state index contributed by atoms with van der Waals surface area (Å²) in [6.07, 6.45) is 2.53. The van der Waals surface area contributed by atoms with E-state index in [0.717, 1.165) is 31.8 Å². The molecule has 1 saturated heterocycles. The zero-order chi connectivity index (χ0) is 14.2. The first-order valence-corrected chi connectivity index (χ1v) is 7.84. The molecule has 0 spiro atoms. The normalized spacial score (nSPS) is 33.8. The van der Waals surface area contributed by atoms with Crippen molar-refractivity contribution in [2.24, 2.45) is 0 Å². The summed E-state index contributed by atoms with van der Waals surface area (Å²) in [6.45, 7) is 10.1. The van der Waals surface area contributed by atoms with Crippen LogP contribution in [0, 0.1) is 0 Å². The van der Waals surface area contributed by atoms with Crippen LogP contribution in [0.3, 0.4) is 0 Å². The molecule has 2 heterocycles. The van der Waals surface area contributed by atoms with E-state index in [1.807, 2.05) is 0 Å². The second-order valence-electron chi connectivity index (χ2n) is 6.59. The Morgan fingerprint density at radius 1 is 1.40 bits per heavy atom. The summed E-state index contributed by atoms with van der Waals surface area (Å²) in [6, 6.07) is 9.01. The molecule has 3 atom stereocenters. The lowest BCUT2D eigenvalue weighted by molar-refractivity contribution is 0.0225. The first-order chi connectivity index (χ1) is 9.60. The van der Waals surface area contributed by atoms with Gasteiger partial charge in [0.05, 0.1) is 0 Å². The minimum Gasteiger partial charge on any atom is -0.488 e. The number of rotatable bonds is 3. The van der Waals surface area contributed by atoms with Gasteiger partial charge in [0.2, 0.25) is 0 Å². The van der Waals surface area contributed by atoms with Crippen LogP contribution in [0.25, 0.3) is 0 Å². The average Bonchev–Trinajstić information content (AvgIpc) is 2.85. The second-order valence-corrected chi connectivity index (χ2v) is 6.59. The van der Waals surface area contributed by atoms with Crippen molar-refractivity contribution < 1.29 is 4.74 Å². The number of nitrogens with zero attached hydrogens (tertiary/aromatic N) is 1. The molecule has 0 saturated carbocycles. The van der Waals surface area contributed by atoms with Gasteiger partial charge in [-0.15, -0.1) is 0 Å². The number of ether oxygens (including phenoxy) is 1. The molecule has 2 aliphatic rings. The van der Waals surface area contributed by atoms with Gasteiger partial charge in [0, 0.05) is 37.6 Å². The number of hydrogen-bond donors (Lipinski definition) is 1. The van der Waals surface area contributed by atoms with Crippen molar-refractivity contribution in [1.82, 2.24) is 10.2 Å². The molecule has 3 heteroatoms. The van der Waals surface area contributed by atoms with Gasteiger partial charge < -0.3 is 10.1 Å². The van der Waals surface area contributed by atoms with Crippen molar-refractivity contribution in [3.63, 3.8) is 0 Å². The summed E-state index contributed by atoms with van der Waals surface area (Å²) >= 11 is 0. The fourth-order valence-electron chi connectivity index (χ4n) is 3.37. The molecule has 0 aromatic heterocycles. The van der Waals surface area contributed by atoms with Gasteiger partial charge in [0.15, 0.2) is 0 Å². The fourth-order valence-corrected chi connectivity index (χ4v) is 3.37. The van der Waals surface area contributed by atoms with E-state index >= 15 is 0 Å². The van der Waals surface area contributed by atoms with Gasteiger partial charge in [-0.1, -0.05) is 25.1 Å². The Bertz CT molecular complexity index is 451. The highest BCUT2D eigenvalue weighted by molar-refractivity contribution is 5.37. The molecule has 2 aliphatic heterocycles. The van der Waals surface area contributed by atoms with Crippen LogP contribution in [0.5, 0.6) is 5.75 Å². The third-order valence-corrected chi connectivity index (χ3v) is 4.99. The number of para-hydroxylation sites is 1. The largest absolute Gasteiger partial charge is 0.488 e. The Morgan fingerprint density at radius 2 is 2.20 bits per heavy atom. The smallest absolute Gasteiger partial charge is 0.123 e. The molecule has 0 bridgehead atoms. The lowest BCUT2D eigenvalue weighted by Gasteiger charge is -2.48. The molecule has 0 amide bonds. The summed E-state index contributed by atoms with van der Waals surface area (Å²) in [5.41, 5.74) is 1.61. The van der Waals surface area contributed by atoms with Crippen LogP contribution in [0.1, 0.15) is 32.8 Å². The first kappa shape index (κ1) is 13.9. The minimum atomic E-state index is 0.255. The molecule has 20 heavy (non-hydrogen) atoms. The molecule has 1 N–H and O–H groups in total. The van der Waals surface area contributed by atoms with E-state index in [9.17, 15) is 0 Å². The number of hydrogen-bond acceptors (Lipinski definition) is 3. The highest BCUT2D eigenvalue weighted by Crippen LogP contribution is 2.30. The lowest BCUT2D eigenvalue weighted by Crippen LogP contribution is -2.63. The zero-order valence-corrected chi connectivity index (χ0v) is 12.9. The fraction of sp³-hybridized carbons (Fsp3) is 0.647. The van der Waals surface area contributed by atoms with E-state index in [0.29, 0.717) is 12.1 Å². The Balaban J connectivity index is 1.68. The molecule has 3 rings (SSSR count). The highest BCUT2D eigenvalue weighted by atomic mass is 16.5. The van der Waals surface area contributed by atoms with Crippen LogP contribution < -0.4 is 10.1 Å². The molecule has 110 valence electrons. The third-order valence-electron chi connectivity index (χ3n) is 4.99. The van der Waals surface area contributed by atoms with E-state index in [4.69, 9.17) is 4.74 Å². The molecule has 1 aromatic rings. The van der Waals surface area contributed by atoms with E-state index in [2.05, 4.69) is 55.3 Å². The molecule has 1 fully saturated rings. The van der Waals surface area contributed by atoms with Crippen molar-refractivity contribution in [1.29, 1.82) is 0 Å². The van der Waals surface area contributed by atoms with Crippen LogP contribution in [-0.4, -0.2) is 42.2 Å². The van der Waals surface area contributed by atoms with Gasteiger partial charge in [-0.3, -0.25) is 4.90 Å². The van der Waals surface area contributed by atoms with Gasteiger partial charge in [-0.25, -0.2) is 0 Å². The summed E-state index contributed by atoms with van der Waals surface area (Å²) in [7, 11) is 0. The van der Waals surface area contributed by atoms with Gasteiger partial charge in [0.25, 0.3) is 0 Å². The molecule has 0 radical (unpaired) electrons. The molecule has 3 unspecified atom stereocenters. The number of fused-ring (bicyclic) bond motifs is 1. The zero-order valence-electron chi connectivity index (χ0n) is 12.9. The van der Waals surface area contributed by atoms with E-state index in [-0.39, 0.29) is 5.54 Å². The van der Waals surface area contributed by atoms with Crippen LogP contribution in [0.15, 0.2) is 24.3 Å². The summed E-state index contributed by atoms with van der Waals surface area (Å²) in [4.78, 5) is 2.63. The second kappa shape index (κ2) is 5.38. The van der Waals surface area contributed by atoms with Crippen LogP contribution in [-0.2, 0) is 6.42 Å².